The number of hydrogen-bond donors (Lipinski definition) is 1. The Morgan fingerprint density at radius 1 is 1.09 bits per heavy atom. The smallest absolute Gasteiger partial charge is 0.219 e. The summed E-state index contributed by atoms with van der Waals surface area (Å²) in [6.45, 7) is 6.58. The van der Waals surface area contributed by atoms with Gasteiger partial charge in [-0.15, -0.1) is 0 Å². The number of carbonyl (C=O) groups excluding carboxylic acids is 2. The van der Waals surface area contributed by atoms with Gasteiger partial charge in [-0.2, -0.15) is 0 Å². The summed E-state index contributed by atoms with van der Waals surface area (Å²) >= 11 is 0. The van der Waals surface area contributed by atoms with E-state index in [9.17, 15) is 9.59 Å². The van der Waals surface area contributed by atoms with E-state index >= 15 is 0 Å². The highest BCUT2D eigenvalue weighted by molar-refractivity contribution is 5.93. The summed E-state index contributed by atoms with van der Waals surface area (Å²) in [5.41, 5.74) is 8.97. The molecule has 32 heavy (non-hydrogen) atoms. The summed E-state index contributed by atoms with van der Waals surface area (Å²) in [7, 11) is 9.59. The van der Waals surface area contributed by atoms with Gasteiger partial charge in [0.1, 0.15) is 18.3 Å². The molecule has 0 aliphatic rings. The first kappa shape index (κ1) is 26.3. The number of carbonyl (C=O) groups is 2. The average Bonchev–Trinajstić information content (AvgIpc) is 2.74. The minimum atomic E-state index is 0.279. The summed E-state index contributed by atoms with van der Waals surface area (Å²) in [6, 6.07) is 7.58. The number of nitrogens with zero attached hydrogens (tertiary/aromatic N) is 6. The first-order chi connectivity index (χ1) is 15.1. The number of allylic oxidation sites excluding steroid dienone is 2. The van der Waals surface area contributed by atoms with E-state index < -0.39 is 0 Å². The molecule has 0 atom stereocenters. The van der Waals surface area contributed by atoms with E-state index in [0.29, 0.717) is 23.6 Å². The van der Waals surface area contributed by atoms with Crippen molar-refractivity contribution in [2.75, 3.05) is 62.2 Å². The third-order valence-corrected chi connectivity index (χ3v) is 4.38. The normalized spacial score (nSPS) is 10.3. The van der Waals surface area contributed by atoms with Gasteiger partial charge in [0.05, 0.1) is 5.69 Å². The molecule has 2 aromatic rings. The van der Waals surface area contributed by atoms with Gasteiger partial charge in [-0.05, 0) is 45.3 Å². The number of nitrogens with two attached hydrogens (primary N) is 1. The highest BCUT2D eigenvalue weighted by atomic mass is 16.1. The highest BCUT2D eigenvalue weighted by Crippen LogP contribution is 2.36. The van der Waals surface area contributed by atoms with Crippen LogP contribution in [-0.4, -0.2) is 69.3 Å². The Hall–Kier alpha value is -3.72. The van der Waals surface area contributed by atoms with E-state index in [1.807, 2.05) is 75.3 Å². The van der Waals surface area contributed by atoms with Gasteiger partial charge in [-0.3, -0.25) is 14.5 Å². The van der Waals surface area contributed by atoms with Crippen molar-refractivity contribution in [2.45, 2.75) is 6.92 Å². The first-order valence-electron chi connectivity index (χ1n) is 9.90. The van der Waals surface area contributed by atoms with Crippen LogP contribution in [0.4, 0.5) is 28.7 Å². The SMILES string of the molecule is C=C(C)N(C)c1c(N)ncnc1N(C=O)c1cccc(N(C)C)c1.CN(C)C/C=C/C=O. The summed E-state index contributed by atoms with van der Waals surface area (Å²) in [5.74, 6) is 0.681. The van der Waals surface area contributed by atoms with E-state index in [0.717, 1.165) is 24.2 Å². The molecule has 1 aromatic carbocycles. The first-order valence-corrected chi connectivity index (χ1v) is 9.90. The molecule has 1 amide bonds. The van der Waals surface area contributed by atoms with Crippen LogP contribution in [0.25, 0.3) is 0 Å². The van der Waals surface area contributed by atoms with Gasteiger partial charge in [0.2, 0.25) is 6.41 Å². The van der Waals surface area contributed by atoms with Crippen LogP contribution in [0.15, 0.2) is 55.0 Å². The zero-order valence-electron chi connectivity index (χ0n) is 19.7. The van der Waals surface area contributed by atoms with Crippen LogP contribution in [0, 0.1) is 0 Å². The predicted molar refractivity (Wildman–Crippen MR) is 132 cm³/mol. The molecule has 9 heteroatoms. The van der Waals surface area contributed by atoms with Crippen LogP contribution in [0.3, 0.4) is 0 Å². The largest absolute Gasteiger partial charge is 0.382 e. The molecule has 0 fully saturated rings. The number of likely N-dealkylation sites (N-methyl/N-ethyl adjacent to an activating group) is 1. The molecular weight excluding hydrogens is 406 g/mol. The summed E-state index contributed by atoms with van der Waals surface area (Å²) in [5, 5.41) is 0. The molecule has 0 saturated heterocycles. The Morgan fingerprint density at radius 2 is 1.75 bits per heavy atom. The second-order valence-corrected chi connectivity index (χ2v) is 7.44. The topological polar surface area (TPSA) is 98.9 Å². The Morgan fingerprint density at radius 3 is 2.28 bits per heavy atom. The lowest BCUT2D eigenvalue weighted by Crippen LogP contribution is -2.23. The predicted octanol–water partition coefficient (Wildman–Crippen LogP) is 2.69. The average molecular weight is 440 g/mol. The molecule has 0 radical (unpaired) electrons. The van der Waals surface area contributed by atoms with Crippen LogP contribution >= 0.6 is 0 Å². The van der Waals surface area contributed by atoms with Gasteiger partial charge in [-0.1, -0.05) is 18.7 Å². The Balaban J connectivity index is 0.000000547. The van der Waals surface area contributed by atoms with Crippen molar-refractivity contribution < 1.29 is 9.59 Å². The lowest BCUT2D eigenvalue weighted by Gasteiger charge is -2.27. The molecule has 9 nitrogen and oxygen atoms in total. The maximum Gasteiger partial charge on any atom is 0.219 e. The Bertz CT molecular complexity index is 942. The number of aromatic nitrogens is 2. The van der Waals surface area contributed by atoms with Crippen LogP contribution in [0.1, 0.15) is 6.92 Å². The molecule has 0 unspecified atom stereocenters. The Labute approximate surface area is 190 Å². The van der Waals surface area contributed by atoms with E-state index in [1.54, 1.807) is 11.9 Å². The molecule has 1 aromatic heterocycles. The minimum absolute atomic E-state index is 0.279. The van der Waals surface area contributed by atoms with Crippen molar-refractivity contribution in [3.8, 4) is 0 Å². The fourth-order valence-corrected chi connectivity index (χ4v) is 2.55. The monoisotopic (exact) mass is 439 g/mol. The molecule has 0 saturated carbocycles. The molecular formula is C23H33N7O2. The summed E-state index contributed by atoms with van der Waals surface area (Å²) in [6.07, 6.45) is 6.15. The molecule has 0 bridgehead atoms. The van der Waals surface area contributed by atoms with Crippen LogP contribution in [0.5, 0.6) is 0 Å². The summed E-state index contributed by atoms with van der Waals surface area (Å²) in [4.78, 5) is 37.0. The second-order valence-electron chi connectivity index (χ2n) is 7.44. The number of benzene rings is 1. The van der Waals surface area contributed by atoms with Gasteiger partial charge >= 0.3 is 0 Å². The third kappa shape index (κ3) is 7.51. The molecule has 0 spiro atoms. The molecule has 0 aliphatic heterocycles. The number of rotatable bonds is 9. The van der Waals surface area contributed by atoms with Gasteiger partial charge in [0, 0.05) is 39.1 Å². The lowest BCUT2D eigenvalue weighted by atomic mass is 10.2. The summed E-state index contributed by atoms with van der Waals surface area (Å²) < 4.78 is 0. The Kier molecular flexibility index (Phi) is 10.6. The van der Waals surface area contributed by atoms with Gasteiger partial charge in [-0.25, -0.2) is 9.97 Å². The fraction of sp³-hybridized carbons (Fsp3) is 0.304. The van der Waals surface area contributed by atoms with Crippen molar-refractivity contribution in [1.29, 1.82) is 0 Å². The quantitative estimate of drug-likeness (QED) is 0.470. The zero-order valence-corrected chi connectivity index (χ0v) is 19.7. The van der Waals surface area contributed by atoms with E-state index in [2.05, 4.69) is 16.5 Å². The number of nitrogen functional groups attached to an aromatic ring is 1. The maximum atomic E-state index is 11.8. The van der Waals surface area contributed by atoms with Crippen molar-refractivity contribution in [3.63, 3.8) is 0 Å². The molecule has 0 aliphatic carbocycles. The third-order valence-electron chi connectivity index (χ3n) is 4.38. The minimum Gasteiger partial charge on any atom is -0.382 e. The molecule has 1 heterocycles. The number of aldehydes is 1. The fourth-order valence-electron chi connectivity index (χ4n) is 2.55. The zero-order chi connectivity index (χ0) is 24.3. The number of amides is 1. The molecule has 2 N–H and O–H groups in total. The van der Waals surface area contributed by atoms with Crippen molar-refractivity contribution in [1.82, 2.24) is 14.9 Å². The van der Waals surface area contributed by atoms with Crippen LogP contribution in [0.2, 0.25) is 0 Å². The standard InChI is InChI=1S/C17H22N6O.C6H11NO/c1-12(2)22(5)15-16(18)19-10-20-17(15)23(11-24)14-8-6-7-13(9-14)21(3)4;1-7(2)5-3-4-6-8/h6-11H,1H2,2-5H3,(H2,18,19,20);3-4,6H,5H2,1-2H3/b;4-3+. The maximum absolute atomic E-state index is 11.8. The van der Waals surface area contributed by atoms with E-state index in [1.165, 1.54) is 17.3 Å². The van der Waals surface area contributed by atoms with Gasteiger partial charge < -0.3 is 20.4 Å². The van der Waals surface area contributed by atoms with Crippen LogP contribution < -0.4 is 20.4 Å². The van der Waals surface area contributed by atoms with Gasteiger partial charge in [0.15, 0.2) is 11.6 Å². The number of hydrogen-bond acceptors (Lipinski definition) is 8. The lowest BCUT2D eigenvalue weighted by molar-refractivity contribution is -0.107. The second kappa shape index (κ2) is 12.9. The van der Waals surface area contributed by atoms with Crippen molar-refractivity contribution in [3.05, 3.63) is 55.0 Å². The van der Waals surface area contributed by atoms with Crippen LogP contribution in [-0.2, 0) is 9.59 Å². The van der Waals surface area contributed by atoms with E-state index in [-0.39, 0.29) is 5.82 Å². The highest BCUT2D eigenvalue weighted by Gasteiger charge is 2.21. The van der Waals surface area contributed by atoms with E-state index in [4.69, 9.17) is 5.73 Å². The molecule has 2 rings (SSSR count). The van der Waals surface area contributed by atoms with Crippen molar-refractivity contribution in [2.24, 2.45) is 0 Å². The molecule has 172 valence electrons. The van der Waals surface area contributed by atoms with Gasteiger partial charge in [0.25, 0.3) is 0 Å². The number of anilines is 5. The van der Waals surface area contributed by atoms with Crippen molar-refractivity contribution >= 4 is 41.4 Å².